The number of nitrogens with zero attached hydrogens (tertiary/aromatic N) is 2. The molecule has 0 radical (unpaired) electrons. The van der Waals surface area contributed by atoms with Gasteiger partial charge in [-0.3, -0.25) is 14.5 Å². The minimum Gasteiger partial charge on any atom is -0.480 e. The highest BCUT2D eigenvalue weighted by Gasteiger charge is 2.46. The summed E-state index contributed by atoms with van der Waals surface area (Å²) in [4.78, 5) is 27.7. The van der Waals surface area contributed by atoms with Crippen LogP contribution < -0.4 is 0 Å². The Balaban J connectivity index is 0.00000176. The zero-order chi connectivity index (χ0) is 14.8. The number of ether oxygens (including phenoxy) is 1. The summed E-state index contributed by atoms with van der Waals surface area (Å²) >= 11 is 0. The highest BCUT2D eigenvalue weighted by molar-refractivity contribution is 5.85. The zero-order valence-electron chi connectivity index (χ0n) is 12.8. The molecule has 3 fully saturated rings. The number of aliphatic carboxylic acids is 1. The normalized spacial score (nSPS) is 32.2. The molecule has 0 aromatic rings. The zero-order valence-corrected chi connectivity index (χ0v) is 13.6. The van der Waals surface area contributed by atoms with Gasteiger partial charge in [-0.15, -0.1) is 12.4 Å². The molecule has 2 heterocycles. The van der Waals surface area contributed by atoms with E-state index in [1.807, 2.05) is 4.90 Å². The van der Waals surface area contributed by atoms with Crippen LogP contribution in [-0.4, -0.2) is 71.7 Å². The van der Waals surface area contributed by atoms with Gasteiger partial charge in [0, 0.05) is 19.1 Å². The van der Waals surface area contributed by atoms with Crippen LogP contribution in [0.1, 0.15) is 32.1 Å². The molecule has 0 spiro atoms. The van der Waals surface area contributed by atoms with Gasteiger partial charge in [0.25, 0.3) is 0 Å². The van der Waals surface area contributed by atoms with E-state index in [9.17, 15) is 14.7 Å². The molecular weight excluding hydrogens is 308 g/mol. The number of hydrogen-bond donors (Lipinski definition) is 1. The van der Waals surface area contributed by atoms with Crippen molar-refractivity contribution in [2.45, 2.75) is 44.2 Å². The Labute approximate surface area is 137 Å². The number of hydrogen-bond acceptors (Lipinski definition) is 4. The molecule has 0 aromatic carbocycles. The molecule has 3 rings (SSSR count). The predicted octanol–water partition coefficient (Wildman–Crippen LogP) is 0.985. The summed E-state index contributed by atoms with van der Waals surface area (Å²) in [6, 6.07) is -0.201. The van der Waals surface area contributed by atoms with Crippen LogP contribution >= 0.6 is 12.4 Å². The molecule has 0 bridgehead atoms. The predicted molar refractivity (Wildman–Crippen MR) is 83.1 cm³/mol. The molecule has 1 saturated carbocycles. The topological polar surface area (TPSA) is 70.1 Å². The van der Waals surface area contributed by atoms with Crippen LogP contribution in [0.25, 0.3) is 0 Å². The van der Waals surface area contributed by atoms with Crippen LogP contribution in [-0.2, 0) is 14.3 Å². The van der Waals surface area contributed by atoms with Gasteiger partial charge < -0.3 is 14.7 Å². The van der Waals surface area contributed by atoms with Crippen molar-refractivity contribution in [1.82, 2.24) is 9.80 Å². The number of carbonyl (C=O) groups excluding carboxylic acids is 1. The van der Waals surface area contributed by atoms with Crippen LogP contribution in [0, 0.1) is 5.92 Å². The van der Waals surface area contributed by atoms with Gasteiger partial charge in [-0.05, 0) is 25.2 Å². The van der Waals surface area contributed by atoms with E-state index in [2.05, 4.69) is 0 Å². The second-order valence-corrected chi connectivity index (χ2v) is 6.37. The number of morpholine rings is 1. The standard InChI is InChI=1S/C15H24N2O4.ClH/c18-14(16-5-7-21-8-6-16)10-17-12-4-2-1-3-11(12)9-13(17)15(19)20;/h11-13H,1-10H2,(H,19,20);1H. The molecule has 2 saturated heterocycles. The Morgan fingerprint density at radius 2 is 1.82 bits per heavy atom. The summed E-state index contributed by atoms with van der Waals surface area (Å²) < 4.78 is 5.26. The SMILES string of the molecule is Cl.O=C(O)C1CC2CCCCC2N1CC(=O)N1CCOCC1. The van der Waals surface area contributed by atoms with E-state index in [0.29, 0.717) is 38.6 Å². The Kier molecular flexibility index (Phi) is 6.06. The van der Waals surface area contributed by atoms with Crippen molar-refractivity contribution >= 4 is 24.3 Å². The third-order valence-electron chi connectivity index (χ3n) is 5.19. The second kappa shape index (κ2) is 7.62. The number of fused-ring (bicyclic) bond motifs is 1. The number of likely N-dealkylation sites (tertiary alicyclic amines) is 1. The van der Waals surface area contributed by atoms with Gasteiger partial charge in [0.1, 0.15) is 6.04 Å². The van der Waals surface area contributed by atoms with E-state index < -0.39 is 12.0 Å². The van der Waals surface area contributed by atoms with E-state index >= 15 is 0 Å². The largest absolute Gasteiger partial charge is 0.480 e. The Bertz CT molecular complexity index is 414. The van der Waals surface area contributed by atoms with E-state index in [-0.39, 0.29) is 30.9 Å². The van der Waals surface area contributed by atoms with Crippen molar-refractivity contribution in [2.24, 2.45) is 5.92 Å². The van der Waals surface area contributed by atoms with Gasteiger partial charge in [0.15, 0.2) is 0 Å². The lowest BCUT2D eigenvalue weighted by Crippen LogP contribution is -2.50. The van der Waals surface area contributed by atoms with Crippen molar-refractivity contribution in [3.63, 3.8) is 0 Å². The lowest BCUT2D eigenvalue weighted by Gasteiger charge is -2.34. The molecule has 7 heteroatoms. The lowest BCUT2D eigenvalue weighted by molar-refractivity contribution is -0.145. The maximum absolute atomic E-state index is 12.4. The van der Waals surface area contributed by atoms with Crippen LogP contribution in [0.15, 0.2) is 0 Å². The van der Waals surface area contributed by atoms with Crippen molar-refractivity contribution in [3.05, 3.63) is 0 Å². The van der Waals surface area contributed by atoms with Crippen LogP contribution in [0.4, 0.5) is 0 Å². The first-order chi connectivity index (χ1) is 10.2. The third-order valence-corrected chi connectivity index (χ3v) is 5.19. The van der Waals surface area contributed by atoms with Crippen LogP contribution in [0.2, 0.25) is 0 Å². The fourth-order valence-electron chi connectivity index (χ4n) is 4.09. The number of carbonyl (C=O) groups is 2. The van der Waals surface area contributed by atoms with E-state index in [1.54, 1.807) is 4.90 Å². The van der Waals surface area contributed by atoms with Gasteiger partial charge >= 0.3 is 5.97 Å². The van der Waals surface area contributed by atoms with Crippen LogP contribution in [0.3, 0.4) is 0 Å². The molecule has 2 aliphatic heterocycles. The van der Waals surface area contributed by atoms with Crippen molar-refractivity contribution in [2.75, 3.05) is 32.8 Å². The van der Waals surface area contributed by atoms with Crippen LogP contribution in [0.5, 0.6) is 0 Å². The Morgan fingerprint density at radius 3 is 2.50 bits per heavy atom. The fraction of sp³-hybridized carbons (Fsp3) is 0.867. The van der Waals surface area contributed by atoms with Gasteiger partial charge in [-0.25, -0.2) is 0 Å². The molecule has 0 aromatic heterocycles. The number of carboxylic acids is 1. The molecule has 126 valence electrons. The maximum Gasteiger partial charge on any atom is 0.320 e. The molecule has 3 aliphatic rings. The van der Waals surface area contributed by atoms with Gasteiger partial charge in [0.2, 0.25) is 5.91 Å². The van der Waals surface area contributed by atoms with E-state index in [4.69, 9.17) is 4.74 Å². The highest BCUT2D eigenvalue weighted by atomic mass is 35.5. The molecule has 3 atom stereocenters. The summed E-state index contributed by atoms with van der Waals surface area (Å²) in [6.45, 7) is 2.66. The van der Waals surface area contributed by atoms with Gasteiger partial charge in [0.05, 0.1) is 19.8 Å². The summed E-state index contributed by atoms with van der Waals surface area (Å²) in [6.07, 6.45) is 5.19. The van der Waals surface area contributed by atoms with E-state index in [1.165, 1.54) is 6.42 Å². The number of rotatable bonds is 3. The summed E-state index contributed by atoms with van der Waals surface area (Å²) in [5.74, 6) is -0.271. The quantitative estimate of drug-likeness (QED) is 0.834. The monoisotopic (exact) mass is 332 g/mol. The lowest BCUT2D eigenvalue weighted by atomic mass is 9.85. The van der Waals surface area contributed by atoms with Crippen molar-refractivity contribution in [3.8, 4) is 0 Å². The molecule has 3 unspecified atom stereocenters. The first kappa shape index (κ1) is 17.5. The van der Waals surface area contributed by atoms with Gasteiger partial charge in [-0.1, -0.05) is 12.8 Å². The summed E-state index contributed by atoms with van der Waals surface area (Å²) in [5, 5.41) is 9.47. The average Bonchev–Trinajstić information content (AvgIpc) is 2.87. The van der Waals surface area contributed by atoms with E-state index in [0.717, 1.165) is 19.3 Å². The smallest absolute Gasteiger partial charge is 0.320 e. The fourth-order valence-corrected chi connectivity index (χ4v) is 4.09. The Morgan fingerprint density at radius 1 is 1.14 bits per heavy atom. The number of amides is 1. The second-order valence-electron chi connectivity index (χ2n) is 6.37. The molecule has 6 nitrogen and oxygen atoms in total. The molecule has 1 aliphatic carbocycles. The number of halogens is 1. The highest BCUT2D eigenvalue weighted by Crippen LogP contribution is 2.39. The van der Waals surface area contributed by atoms with Gasteiger partial charge in [-0.2, -0.15) is 0 Å². The molecule has 1 N–H and O–H groups in total. The molecular formula is C15H25ClN2O4. The minimum absolute atomic E-state index is 0. The molecule has 1 amide bonds. The molecule has 22 heavy (non-hydrogen) atoms. The first-order valence-corrected chi connectivity index (χ1v) is 8.01. The third kappa shape index (κ3) is 3.55. The minimum atomic E-state index is -0.779. The van der Waals surface area contributed by atoms with Crippen molar-refractivity contribution < 1.29 is 19.4 Å². The first-order valence-electron chi connectivity index (χ1n) is 8.01. The summed E-state index contributed by atoms with van der Waals surface area (Å²) in [5.41, 5.74) is 0. The van der Waals surface area contributed by atoms with Crippen molar-refractivity contribution in [1.29, 1.82) is 0 Å². The maximum atomic E-state index is 12.4. The number of carboxylic acid groups (broad SMARTS) is 1. The average molecular weight is 333 g/mol. The summed E-state index contributed by atoms with van der Waals surface area (Å²) in [7, 11) is 0. The Hall–Kier alpha value is -0.850.